The first-order valence-corrected chi connectivity index (χ1v) is 6.32. The Bertz CT molecular complexity index is 562. The number of benzene rings is 1. The molecule has 1 aliphatic rings. The zero-order valence-corrected chi connectivity index (χ0v) is 11.7. The summed E-state index contributed by atoms with van der Waals surface area (Å²) in [5.74, 6) is -1.56. The standard InChI is InChI=1S/C13H16N2O6/c1-14(10-7-21-6-8(10)13(16)17)9-4-3-5-11(20-2)12(9)15(18)19/h3-5,8,10H,6-7H2,1-2H3,(H,16,17). The van der Waals surface area contributed by atoms with Crippen LogP contribution in [0.5, 0.6) is 5.75 Å². The maximum Gasteiger partial charge on any atom is 0.333 e. The highest BCUT2D eigenvalue weighted by atomic mass is 16.6. The highest BCUT2D eigenvalue weighted by Crippen LogP contribution is 2.38. The second kappa shape index (κ2) is 5.96. The highest BCUT2D eigenvalue weighted by Gasteiger charge is 2.39. The van der Waals surface area contributed by atoms with Crippen molar-refractivity contribution >= 4 is 17.3 Å². The van der Waals surface area contributed by atoms with Crippen molar-refractivity contribution < 1.29 is 24.3 Å². The number of hydrogen-bond donors (Lipinski definition) is 1. The van der Waals surface area contributed by atoms with Gasteiger partial charge in [0.15, 0.2) is 5.75 Å². The smallest absolute Gasteiger partial charge is 0.333 e. The number of aliphatic carboxylic acids is 1. The summed E-state index contributed by atoms with van der Waals surface area (Å²) in [4.78, 5) is 23.6. The van der Waals surface area contributed by atoms with Gasteiger partial charge < -0.3 is 19.5 Å². The quantitative estimate of drug-likeness (QED) is 0.642. The van der Waals surface area contributed by atoms with E-state index < -0.39 is 22.9 Å². The predicted molar refractivity (Wildman–Crippen MR) is 73.8 cm³/mol. The van der Waals surface area contributed by atoms with Gasteiger partial charge in [0, 0.05) is 7.05 Å². The molecule has 0 spiro atoms. The lowest BCUT2D eigenvalue weighted by molar-refractivity contribution is -0.385. The monoisotopic (exact) mass is 296 g/mol. The zero-order valence-electron chi connectivity index (χ0n) is 11.7. The molecule has 0 aromatic heterocycles. The summed E-state index contributed by atoms with van der Waals surface area (Å²) in [5.41, 5.74) is 0.125. The van der Waals surface area contributed by atoms with Crippen molar-refractivity contribution in [2.45, 2.75) is 6.04 Å². The van der Waals surface area contributed by atoms with E-state index in [0.717, 1.165) is 0 Å². The molecule has 1 aromatic carbocycles. The average Bonchev–Trinajstić information content (AvgIpc) is 2.95. The number of nitro groups is 1. The van der Waals surface area contributed by atoms with Gasteiger partial charge in [0.05, 0.1) is 31.3 Å². The minimum absolute atomic E-state index is 0.0993. The van der Waals surface area contributed by atoms with Crippen LogP contribution in [-0.4, -0.2) is 49.4 Å². The molecule has 1 N–H and O–H groups in total. The highest BCUT2D eigenvalue weighted by molar-refractivity contribution is 5.75. The largest absolute Gasteiger partial charge is 0.490 e. The molecule has 0 bridgehead atoms. The molecule has 2 atom stereocenters. The van der Waals surface area contributed by atoms with Crippen LogP contribution in [0, 0.1) is 16.0 Å². The van der Waals surface area contributed by atoms with E-state index >= 15 is 0 Å². The molecule has 0 saturated carbocycles. The molecule has 0 aliphatic carbocycles. The van der Waals surface area contributed by atoms with E-state index in [2.05, 4.69) is 0 Å². The third-order valence-electron chi connectivity index (χ3n) is 3.63. The van der Waals surface area contributed by atoms with Crippen molar-refractivity contribution in [3.05, 3.63) is 28.3 Å². The molecule has 0 amide bonds. The van der Waals surface area contributed by atoms with Crippen molar-refractivity contribution in [3.63, 3.8) is 0 Å². The maximum absolute atomic E-state index is 11.3. The first kappa shape index (κ1) is 15.0. The Balaban J connectivity index is 2.41. The number of hydrogen-bond acceptors (Lipinski definition) is 6. The zero-order chi connectivity index (χ0) is 15.6. The van der Waals surface area contributed by atoms with Gasteiger partial charge >= 0.3 is 11.7 Å². The number of nitro benzene ring substituents is 1. The van der Waals surface area contributed by atoms with Crippen molar-refractivity contribution in [2.75, 3.05) is 32.3 Å². The second-order valence-corrected chi connectivity index (χ2v) is 4.75. The number of nitrogens with zero attached hydrogens (tertiary/aromatic N) is 2. The van der Waals surface area contributed by atoms with E-state index in [0.29, 0.717) is 5.69 Å². The topological polar surface area (TPSA) is 102 Å². The van der Waals surface area contributed by atoms with Gasteiger partial charge in [0.25, 0.3) is 0 Å². The number of carboxylic acids is 1. The normalized spacial score (nSPS) is 21.0. The Morgan fingerprint density at radius 1 is 1.52 bits per heavy atom. The molecule has 0 radical (unpaired) electrons. The maximum atomic E-state index is 11.3. The molecule has 1 fully saturated rings. The molecule has 1 aromatic rings. The van der Waals surface area contributed by atoms with Crippen LogP contribution in [0.15, 0.2) is 18.2 Å². The fourth-order valence-corrected chi connectivity index (χ4v) is 2.48. The van der Waals surface area contributed by atoms with Gasteiger partial charge in [-0.1, -0.05) is 6.07 Å². The van der Waals surface area contributed by atoms with Crippen LogP contribution in [0.3, 0.4) is 0 Å². The van der Waals surface area contributed by atoms with Gasteiger partial charge in [-0.2, -0.15) is 0 Å². The third kappa shape index (κ3) is 2.75. The van der Waals surface area contributed by atoms with Crippen molar-refractivity contribution in [1.82, 2.24) is 0 Å². The number of carboxylic acid groups (broad SMARTS) is 1. The lowest BCUT2D eigenvalue weighted by atomic mass is 10.0. The van der Waals surface area contributed by atoms with Crippen LogP contribution in [0.2, 0.25) is 0 Å². The van der Waals surface area contributed by atoms with Gasteiger partial charge in [-0.3, -0.25) is 14.9 Å². The Hall–Kier alpha value is -2.35. The van der Waals surface area contributed by atoms with Gasteiger partial charge in [0.1, 0.15) is 11.6 Å². The third-order valence-corrected chi connectivity index (χ3v) is 3.63. The van der Waals surface area contributed by atoms with E-state index in [1.54, 1.807) is 24.1 Å². The van der Waals surface area contributed by atoms with Crippen LogP contribution < -0.4 is 9.64 Å². The molecule has 2 rings (SSSR count). The number of para-hydroxylation sites is 1. The average molecular weight is 296 g/mol. The Kier molecular flexibility index (Phi) is 4.27. The Morgan fingerprint density at radius 3 is 2.81 bits per heavy atom. The summed E-state index contributed by atoms with van der Waals surface area (Å²) in [5, 5.41) is 20.5. The number of ether oxygens (including phenoxy) is 2. The Morgan fingerprint density at radius 2 is 2.24 bits per heavy atom. The number of carbonyl (C=O) groups is 1. The molecular weight excluding hydrogens is 280 g/mol. The number of methoxy groups -OCH3 is 1. The molecular formula is C13H16N2O6. The lowest BCUT2D eigenvalue weighted by Gasteiger charge is -2.28. The van der Waals surface area contributed by atoms with Crippen LogP contribution in [0.4, 0.5) is 11.4 Å². The molecule has 21 heavy (non-hydrogen) atoms. The van der Waals surface area contributed by atoms with Gasteiger partial charge in [-0.25, -0.2) is 0 Å². The minimum Gasteiger partial charge on any atom is -0.490 e. The van der Waals surface area contributed by atoms with Crippen LogP contribution >= 0.6 is 0 Å². The van der Waals surface area contributed by atoms with Crippen molar-refractivity contribution in [3.8, 4) is 5.75 Å². The molecule has 2 unspecified atom stereocenters. The lowest BCUT2D eigenvalue weighted by Crippen LogP contribution is -2.41. The molecule has 8 nitrogen and oxygen atoms in total. The van der Waals surface area contributed by atoms with E-state index in [1.807, 2.05) is 0 Å². The van der Waals surface area contributed by atoms with Crippen LogP contribution in [0.1, 0.15) is 0 Å². The number of rotatable bonds is 5. The molecule has 8 heteroatoms. The van der Waals surface area contributed by atoms with Gasteiger partial charge in [-0.05, 0) is 12.1 Å². The summed E-state index contributed by atoms with van der Waals surface area (Å²) in [7, 11) is 2.97. The molecule has 114 valence electrons. The summed E-state index contributed by atoms with van der Waals surface area (Å²) in [6.45, 7) is 0.309. The van der Waals surface area contributed by atoms with Crippen LogP contribution in [-0.2, 0) is 9.53 Å². The summed E-state index contributed by atoms with van der Waals surface area (Å²) < 4.78 is 10.2. The number of anilines is 1. The Labute approximate surface area is 121 Å². The van der Waals surface area contributed by atoms with E-state index in [-0.39, 0.29) is 24.7 Å². The van der Waals surface area contributed by atoms with Crippen molar-refractivity contribution in [1.29, 1.82) is 0 Å². The van der Waals surface area contributed by atoms with Crippen LogP contribution in [0.25, 0.3) is 0 Å². The molecule has 1 saturated heterocycles. The second-order valence-electron chi connectivity index (χ2n) is 4.75. The number of likely N-dealkylation sites (N-methyl/N-ethyl adjacent to an activating group) is 1. The molecule has 1 aliphatic heterocycles. The summed E-state index contributed by atoms with van der Waals surface area (Å²) in [6, 6.07) is 4.23. The van der Waals surface area contributed by atoms with E-state index in [4.69, 9.17) is 9.47 Å². The molecule has 1 heterocycles. The van der Waals surface area contributed by atoms with Crippen molar-refractivity contribution in [2.24, 2.45) is 5.92 Å². The SMILES string of the molecule is COc1cccc(N(C)C2COCC2C(=O)O)c1[N+](=O)[O-]. The fraction of sp³-hybridized carbons (Fsp3) is 0.462. The minimum atomic E-state index is -0.977. The first-order valence-electron chi connectivity index (χ1n) is 6.32. The fourth-order valence-electron chi connectivity index (χ4n) is 2.48. The van der Waals surface area contributed by atoms with Gasteiger partial charge in [-0.15, -0.1) is 0 Å². The van der Waals surface area contributed by atoms with Gasteiger partial charge in [0.2, 0.25) is 0 Å². The van der Waals surface area contributed by atoms with E-state index in [9.17, 15) is 20.0 Å². The van der Waals surface area contributed by atoms with E-state index in [1.165, 1.54) is 13.2 Å². The first-order chi connectivity index (χ1) is 9.97. The summed E-state index contributed by atoms with van der Waals surface area (Å²) >= 11 is 0. The summed E-state index contributed by atoms with van der Waals surface area (Å²) in [6.07, 6.45) is 0. The predicted octanol–water partition coefficient (Wildman–Crippen LogP) is 1.14.